The molecule has 152 valence electrons. The highest BCUT2D eigenvalue weighted by molar-refractivity contribution is 9.10. The summed E-state index contributed by atoms with van der Waals surface area (Å²) in [5, 5.41) is 8.33. The molecule has 0 radical (unpaired) electrons. The number of hydrogen-bond acceptors (Lipinski definition) is 5. The Labute approximate surface area is 187 Å². The lowest BCUT2D eigenvalue weighted by Gasteiger charge is -2.13. The lowest BCUT2D eigenvalue weighted by Crippen LogP contribution is -2.12. The molecule has 0 bridgehead atoms. The van der Waals surface area contributed by atoms with Crippen molar-refractivity contribution in [1.82, 2.24) is 19.6 Å². The lowest BCUT2D eigenvalue weighted by molar-refractivity contribution is 0.102. The molecule has 8 heteroatoms. The number of nitrogens with zero attached hydrogens (tertiary/aromatic N) is 4. The molecule has 2 aromatic carbocycles. The number of benzene rings is 2. The highest BCUT2D eigenvalue weighted by Gasteiger charge is 2.15. The van der Waals surface area contributed by atoms with E-state index >= 15 is 0 Å². The third-order valence-electron chi connectivity index (χ3n) is 4.63. The molecule has 4 rings (SSSR count). The van der Waals surface area contributed by atoms with Crippen LogP contribution in [0.15, 0.2) is 69.3 Å². The van der Waals surface area contributed by atoms with E-state index in [0.29, 0.717) is 11.3 Å². The Bertz CT molecular complexity index is 1210. The molecule has 2 aromatic heterocycles. The first-order chi connectivity index (χ1) is 14.6. The topological polar surface area (TPSA) is 72.2 Å². The van der Waals surface area contributed by atoms with Gasteiger partial charge in [-0.25, -0.2) is 4.98 Å². The normalized spacial score (nSPS) is 11.0. The first-order valence-electron chi connectivity index (χ1n) is 9.60. The van der Waals surface area contributed by atoms with Gasteiger partial charge < -0.3 is 5.32 Å². The minimum Gasteiger partial charge on any atom is -0.322 e. The highest BCUT2D eigenvalue weighted by Crippen LogP contribution is 2.33. The number of anilines is 1. The summed E-state index contributed by atoms with van der Waals surface area (Å²) in [6.07, 6.45) is 3.48. The Morgan fingerprint density at radius 3 is 2.67 bits per heavy atom. The van der Waals surface area contributed by atoms with Gasteiger partial charge in [0.05, 0.1) is 5.56 Å². The average molecular weight is 482 g/mol. The van der Waals surface area contributed by atoms with E-state index in [1.807, 2.05) is 49.4 Å². The fraction of sp³-hybridized carbons (Fsp3) is 0.182. The molecule has 2 heterocycles. The van der Waals surface area contributed by atoms with Gasteiger partial charge in [-0.1, -0.05) is 37.2 Å². The van der Waals surface area contributed by atoms with Crippen LogP contribution in [-0.4, -0.2) is 25.5 Å². The second kappa shape index (κ2) is 8.97. The SMILES string of the molecule is CCCc1c(C)nc2ncnn2c1Sc1ccc(NC(=O)c2ccccc2Br)cc1. The van der Waals surface area contributed by atoms with Gasteiger partial charge in [-0.15, -0.1) is 0 Å². The molecule has 0 spiro atoms. The van der Waals surface area contributed by atoms with Crippen molar-refractivity contribution in [2.45, 2.75) is 36.6 Å². The van der Waals surface area contributed by atoms with Crippen molar-refractivity contribution < 1.29 is 4.79 Å². The van der Waals surface area contributed by atoms with Crippen LogP contribution in [0.25, 0.3) is 5.78 Å². The van der Waals surface area contributed by atoms with E-state index < -0.39 is 0 Å². The van der Waals surface area contributed by atoms with E-state index in [9.17, 15) is 4.79 Å². The molecule has 0 saturated carbocycles. The Morgan fingerprint density at radius 2 is 1.93 bits per heavy atom. The first kappa shape index (κ1) is 20.6. The van der Waals surface area contributed by atoms with Crippen LogP contribution in [-0.2, 0) is 6.42 Å². The predicted octanol–water partition coefficient (Wildman–Crippen LogP) is 5.55. The maximum atomic E-state index is 12.5. The summed E-state index contributed by atoms with van der Waals surface area (Å²) in [5.41, 5.74) is 3.51. The minimum absolute atomic E-state index is 0.151. The number of fused-ring (bicyclic) bond motifs is 1. The van der Waals surface area contributed by atoms with Gasteiger partial charge in [0.2, 0.25) is 0 Å². The van der Waals surface area contributed by atoms with Crippen molar-refractivity contribution in [2.75, 3.05) is 5.32 Å². The van der Waals surface area contributed by atoms with Crippen molar-refractivity contribution in [3.8, 4) is 0 Å². The van der Waals surface area contributed by atoms with Crippen LogP contribution in [0, 0.1) is 6.92 Å². The summed E-state index contributed by atoms with van der Waals surface area (Å²) in [6, 6.07) is 15.2. The number of hydrogen-bond donors (Lipinski definition) is 1. The maximum absolute atomic E-state index is 12.5. The standard InChI is InChI=1S/C22H20BrN5OS/c1-3-6-17-14(2)26-22-24-13-25-28(22)21(17)30-16-11-9-15(10-12-16)27-20(29)18-7-4-5-8-19(18)23/h4-5,7-13H,3,6H2,1-2H3,(H,27,29). The summed E-state index contributed by atoms with van der Waals surface area (Å²) >= 11 is 5.05. The van der Waals surface area contributed by atoms with Gasteiger partial charge in [-0.2, -0.15) is 14.6 Å². The second-order valence-corrected chi connectivity index (χ2v) is 8.68. The number of rotatable bonds is 6. The van der Waals surface area contributed by atoms with E-state index in [1.165, 1.54) is 11.9 Å². The number of aryl methyl sites for hydroxylation is 1. The molecule has 1 amide bonds. The van der Waals surface area contributed by atoms with Crippen LogP contribution in [0.5, 0.6) is 0 Å². The van der Waals surface area contributed by atoms with Gasteiger partial charge in [-0.3, -0.25) is 4.79 Å². The van der Waals surface area contributed by atoms with Gasteiger partial charge in [0.1, 0.15) is 11.4 Å². The van der Waals surface area contributed by atoms with Gasteiger partial charge in [0.15, 0.2) is 0 Å². The molecular formula is C22H20BrN5OS. The number of halogens is 1. The Hall–Kier alpha value is -2.71. The van der Waals surface area contributed by atoms with Crippen LogP contribution in [0.1, 0.15) is 35.0 Å². The third-order valence-corrected chi connectivity index (χ3v) is 6.44. The fourth-order valence-corrected chi connectivity index (χ4v) is 4.71. The number of aromatic nitrogens is 4. The van der Waals surface area contributed by atoms with E-state index in [0.717, 1.165) is 38.6 Å². The largest absolute Gasteiger partial charge is 0.322 e. The minimum atomic E-state index is -0.151. The van der Waals surface area contributed by atoms with E-state index in [-0.39, 0.29) is 5.91 Å². The Balaban J connectivity index is 1.57. The summed E-state index contributed by atoms with van der Waals surface area (Å²) in [7, 11) is 0. The average Bonchev–Trinajstić information content (AvgIpc) is 3.20. The monoisotopic (exact) mass is 481 g/mol. The molecule has 0 saturated heterocycles. The highest BCUT2D eigenvalue weighted by atomic mass is 79.9. The van der Waals surface area contributed by atoms with Gasteiger partial charge >= 0.3 is 0 Å². The molecule has 1 N–H and O–H groups in total. The predicted molar refractivity (Wildman–Crippen MR) is 122 cm³/mol. The van der Waals surface area contributed by atoms with E-state index in [1.54, 1.807) is 22.3 Å². The number of nitrogens with one attached hydrogen (secondary N) is 1. The zero-order chi connectivity index (χ0) is 21.1. The second-order valence-electron chi connectivity index (χ2n) is 6.76. The van der Waals surface area contributed by atoms with Crippen molar-refractivity contribution in [1.29, 1.82) is 0 Å². The molecule has 0 aliphatic carbocycles. The number of carbonyl (C=O) groups excluding carboxylic acids is 1. The molecule has 6 nitrogen and oxygen atoms in total. The fourth-order valence-electron chi connectivity index (χ4n) is 3.16. The summed E-state index contributed by atoms with van der Waals surface area (Å²) < 4.78 is 2.56. The van der Waals surface area contributed by atoms with Crippen molar-refractivity contribution >= 4 is 45.1 Å². The smallest absolute Gasteiger partial charge is 0.256 e. The molecule has 0 aliphatic heterocycles. The molecule has 4 aromatic rings. The van der Waals surface area contributed by atoms with Crippen molar-refractivity contribution in [2.24, 2.45) is 0 Å². The van der Waals surface area contributed by atoms with Gasteiger partial charge in [-0.05, 0) is 65.7 Å². The molecule has 0 fully saturated rings. The summed E-state index contributed by atoms with van der Waals surface area (Å²) in [6.45, 7) is 4.17. The summed E-state index contributed by atoms with van der Waals surface area (Å²) in [4.78, 5) is 22.4. The lowest BCUT2D eigenvalue weighted by atomic mass is 10.1. The van der Waals surface area contributed by atoms with Crippen LogP contribution >= 0.6 is 27.7 Å². The van der Waals surface area contributed by atoms with Crippen LogP contribution in [0.4, 0.5) is 5.69 Å². The molecule has 0 unspecified atom stereocenters. The van der Waals surface area contributed by atoms with E-state index in [4.69, 9.17) is 0 Å². The first-order valence-corrected chi connectivity index (χ1v) is 11.2. The molecular weight excluding hydrogens is 462 g/mol. The van der Waals surface area contributed by atoms with Crippen LogP contribution in [0.2, 0.25) is 0 Å². The molecule has 0 atom stereocenters. The van der Waals surface area contributed by atoms with Crippen molar-refractivity contribution in [3.63, 3.8) is 0 Å². The third kappa shape index (κ3) is 4.24. The van der Waals surface area contributed by atoms with Gasteiger partial charge in [0, 0.05) is 26.3 Å². The summed E-state index contributed by atoms with van der Waals surface area (Å²) in [5.74, 6) is 0.453. The zero-order valence-electron chi connectivity index (χ0n) is 16.6. The van der Waals surface area contributed by atoms with Gasteiger partial charge in [0.25, 0.3) is 11.7 Å². The number of amides is 1. The maximum Gasteiger partial charge on any atom is 0.256 e. The Kier molecular flexibility index (Phi) is 6.15. The van der Waals surface area contributed by atoms with Crippen LogP contribution < -0.4 is 5.32 Å². The zero-order valence-corrected chi connectivity index (χ0v) is 19.0. The quantitative estimate of drug-likeness (QED) is 0.365. The van der Waals surface area contributed by atoms with Crippen molar-refractivity contribution in [3.05, 3.63) is 76.2 Å². The molecule has 0 aliphatic rings. The number of carbonyl (C=O) groups is 1. The molecule has 30 heavy (non-hydrogen) atoms. The van der Waals surface area contributed by atoms with E-state index in [2.05, 4.69) is 43.2 Å². The van der Waals surface area contributed by atoms with Crippen LogP contribution in [0.3, 0.4) is 0 Å². The Morgan fingerprint density at radius 1 is 1.17 bits per heavy atom.